The van der Waals surface area contributed by atoms with Gasteiger partial charge in [-0.2, -0.15) is 5.10 Å². The smallest absolute Gasteiger partial charge is 0.154 e. The van der Waals surface area contributed by atoms with Gasteiger partial charge < -0.3 is 26.6 Å². The Labute approximate surface area is 140 Å². The number of rotatable bonds is 11. The number of allylic oxidation sites excluding steroid dienone is 1. The summed E-state index contributed by atoms with van der Waals surface area (Å²) in [5.41, 5.74) is 9.58. The summed E-state index contributed by atoms with van der Waals surface area (Å²) in [6, 6.07) is 0. The van der Waals surface area contributed by atoms with Crippen molar-refractivity contribution in [1.82, 2.24) is 10.7 Å². The van der Waals surface area contributed by atoms with Gasteiger partial charge >= 0.3 is 0 Å². The third-order valence-electron chi connectivity index (χ3n) is 3.82. The second kappa shape index (κ2) is 10.7. The van der Waals surface area contributed by atoms with Gasteiger partial charge in [0.2, 0.25) is 0 Å². The van der Waals surface area contributed by atoms with Crippen molar-refractivity contribution in [3.63, 3.8) is 0 Å². The van der Waals surface area contributed by atoms with Gasteiger partial charge in [-0.1, -0.05) is 26.8 Å². The second-order valence-corrected chi connectivity index (χ2v) is 5.86. The Morgan fingerprint density at radius 3 is 2.48 bits per heavy atom. The highest BCUT2D eigenvalue weighted by Gasteiger charge is 2.43. The maximum Gasteiger partial charge on any atom is 0.154 e. The summed E-state index contributed by atoms with van der Waals surface area (Å²) >= 11 is 0. The van der Waals surface area contributed by atoms with Crippen LogP contribution < -0.4 is 16.5 Å². The van der Waals surface area contributed by atoms with Crippen LogP contribution in [0.1, 0.15) is 40.5 Å². The molecule has 0 aromatic carbocycles. The summed E-state index contributed by atoms with van der Waals surface area (Å²) in [6.45, 7) is 8.25. The fourth-order valence-corrected chi connectivity index (χ4v) is 2.71. The number of hydrazone groups is 1. The van der Waals surface area contributed by atoms with E-state index in [4.69, 9.17) is 15.9 Å². The van der Waals surface area contributed by atoms with Gasteiger partial charge in [0.15, 0.2) is 5.60 Å². The van der Waals surface area contributed by atoms with E-state index >= 15 is 0 Å². The Morgan fingerprint density at radius 1 is 1.39 bits per heavy atom. The molecule has 0 aliphatic rings. The minimum absolute atomic E-state index is 0.0532. The highest BCUT2D eigenvalue weighted by Crippen LogP contribution is 2.34. The molecule has 0 heterocycles. The molecule has 0 amide bonds. The highest BCUT2D eigenvalue weighted by atomic mass is 16.5. The summed E-state index contributed by atoms with van der Waals surface area (Å²) in [6.07, 6.45) is 8.09. The van der Waals surface area contributed by atoms with Gasteiger partial charge in [-0.15, -0.1) is 0 Å². The highest BCUT2D eigenvalue weighted by molar-refractivity contribution is 6.05. The van der Waals surface area contributed by atoms with Gasteiger partial charge in [0.25, 0.3) is 0 Å². The normalized spacial score (nSPS) is 17.0. The molecule has 0 spiro atoms. The molecule has 0 fully saturated rings. The van der Waals surface area contributed by atoms with E-state index in [0.29, 0.717) is 23.7 Å². The second-order valence-electron chi connectivity index (χ2n) is 5.86. The molecule has 0 rings (SSSR count). The number of nitrogens with two attached hydrogens (primary N) is 1. The van der Waals surface area contributed by atoms with Crippen LogP contribution in [0, 0.1) is 17.2 Å². The van der Waals surface area contributed by atoms with Crippen LogP contribution in [0.5, 0.6) is 0 Å². The first-order chi connectivity index (χ1) is 10.9. The van der Waals surface area contributed by atoms with Crippen LogP contribution in [0.3, 0.4) is 0 Å². The van der Waals surface area contributed by atoms with Crippen LogP contribution in [-0.4, -0.2) is 31.6 Å². The van der Waals surface area contributed by atoms with Gasteiger partial charge in [0.1, 0.15) is 5.71 Å². The average molecular weight is 323 g/mol. The molecule has 6 nitrogen and oxygen atoms in total. The third-order valence-corrected chi connectivity index (χ3v) is 3.82. The van der Waals surface area contributed by atoms with Crippen molar-refractivity contribution >= 4 is 11.9 Å². The molecule has 6 heteroatoms. The van der Waals surface area contributed by atoms with Crippen molar-refractivity contribution in [1.29, 1.82) is 5.41 Å². The molecule has 0 aliphatic carbocycles. The lowest BCUT2D eigenvalue weighted by Gasteiger charge is -2.39. The van der Waals surface area contributed by atoms with Crippen molar-refractivity contribution in [2.24, 2.45) is 22.7 Å². The van der Waals surface area contributed by atoms with E-state index in [1.807, 2.05) is 27.0 Å². The number of nitrogens with zero attached hydrogens (tertiary/aromatic N) is 1. The zero-order chi connectivity index (χ0) is 17.9. The van der Waals surface area contributed by atoms with E-state index in [9.17, 15) is 0 Å². The molecule has 132 valence electrons. The van der Waals surface area contributed by atoms with E-state index < -0.39 is 5.60 Å². The summed E-state index contributed by atoms with van der Waals surface area (Å²) in [5.74, 6) is 0.346. The zero-order valence-corrected chi connectivity index (χ0v) is 15.3. The minimum atomic E-state index is -0.752. The van der Waals surface area contributed by atoms with Crippen LogP contribution in [0.15, 0.2) is 29.3 Å². The minimum Gasteiger partial charge on any atom is -0.487 e. The van der Waals surface area contributed by atoms with E-state index in [1.54, 1.807) is 19.5 Å². The quantitative estimate of drug-likeness (QED) is 0.267. The molecule has 0 bridgehead atoms. The Kier molecular flexibility index (Phi) is 9.78. The lowest BCUT2D eigenvalue weighted by molar-refractivity contribution is 0.0285. The third kappa shape index (κ3) is 5.96. The van der Waals surface area contributed by atoms with E-state index in [-0.39, 0.29) is 5.92 Å². The van der Waals surface area contributed by atoms with Crippen molar-refractivity contribution in [2.45, 2.75) is 46.1 Å². The van der Waals surface area contributed by atoms with Gasteiger partial charge in [-0.25, -0.2) is 0 Å². The maximum absolute atomic E-state index is 7.54. The number of hydrogen-bond donors (Lipinski definition) is 4. The summed E-state index contributed by atoms with van der Waals surface area (Å²) < 4.78 is 6.09. The average Bonchev–Trinajstić information content (AvgIpc) is 2.50. The van der Waals surface area contributed by atoms with E-state index in [0.717, 1.165) is 6.42 Å². The number of hydrogen-bond acceptors (Lipinski definition) is 6. The molecule has 2 atom stereocenters. The van der Waals surface area contributed by atoms with Crippen LogP contribution in [0.4, 0.5) is 0 Å². The molecule has 0 aliphatic heterocycles. The van der Waals surface area contributed by atoms with Crippen LogP contribution in [-0.2, 0) is 4.74 Å². The Balaban J connectivity index is 6.05. The molecule has 0 aromatic heterocycles. The molecule has 5 N–H and O–H groups in total. The molecule has 0 aromatic rings. The standard InChI is InChI=1S/C17H33N5O/c1-7-8-15(19)16(22-21-6)17(4,23-12-11-20-5)14(9-10-18)13(2)3/h8,10-14,18,20-21H,7,9,19H2,1-6H3/b12-11-,15-8+,18-10?,22-16-/t14-,17?/m1/s1. The SMILES string of the molecule is CC/C=C(N)\C(=N\NC)C(C)(O/C=C\NC)[C@H](CC=N)C(C)C. The Morgan fingerprint density at radius 2 is 2.04 bits per heavy atom. The lowest BCUT2D eigenvalue weighted by atomic mass is 9.75. The predicted octanol–water partition coefficient (Wildman–Crippen LogP) is 2.59. The van der Waals surface area contributed by atoms with Gasteiger partial charge in [0.05, 0.1) is 12.0 Å². The van der Waals surface area contributed by atoms with E-state index in [2.05, 4.69) is 29.7 Å². The van der Waals surface area contributed by atoms with E-state index in [1.165, 1.54) is 6.21 Å². The molecular weight excluding hydrogens is 290 g/mol. The maximum atomic E-state index is 7.54. The van der Waals surface area contributed by atoms with Crippen molar-refractivity contribution in [3.05, 3.63) is 24.2 Å². The fourth-order valence-electron chi connectivity index (χ4n) is 2.71. The molecule has 0 saturated heterocycles. The topological polar surface area (TPSA) is 95.5 Å². The Hall–Kier alpha value is -1.98. The van der Waals surface area contributed by atoms with Crippen molar-refractivity contribution in [3.8, 4) is 0 Å². The van der Waals surface area contributed by atoms with Gasteiger partial charge in [-0.05, 0) is 31.9 Å². The largest absolute Gasteiger partial charge is 0.487 e. The zero-order valence-electron chi connectivity index (χ0n) is 15.3. The van der Waals surface area contributed by atoms with Crippen molar-refractivity contribution < 1.29 is 4.74 Å². The number of ether oxygens (including phenoxy) is 1. The van der Waals surface area contributed by atoms with Crippen molar-refractivity contribution in [2.75, 3.05) is 14.1 Å². The molecular formula is C17H33N5O. The molecule has 23 heavy (non-hydrogen) atoms. The van der Waals surface area contributed by atoms with Crippen LogP contribution in [0.2, 0.25) is 0 Å². The molecule has 0 saturated carbocycles. The first-order valence-electron chi connectivity index (χ1n) is 8.08. The number of nitrogens with one attached hydrogen (secondary N) is 3. The fraction of sp³-hybridized carbons (Fsp3) is 0.647. The van der Waals surface area contributed by atoms with Gasteiger partial charge in [-0.3, -0.25) is 0 Å². The van der Waals surface area contributed by atoms with Gasteiger partial charge in [0, 0.05) is 26.2 Å². The monoisotopic (exact) mass is 323 g/mol. The summed E-state index contributed by atoms with van der Waals surface area (Å²) in [5, 5.41) is 14.9. The first-order valence-corrected chi connectivity index (χ1v) is 8.08. The predicted molar refractivity (Wildman–Crippen MR) is 98.5 cm³/mol. The molecule has 1 unspecified atom stereocenters. The van der Waals surface area contributed by atoms with Crippen LogP contribution in [0.25, 0.3) is 0 Å². The molecule has 0 radical (unpaired) electrons. The van der Waals surface area contributed by atoms with Crippen LogP contribution >= 0.6 is 0 Å². The lowest BCUT2D eigenvalue weighted by Crippen LogP contribution is -2.49. The first kappa shape index (κ1) is 21.0. The Bertz CT molecular complexity index is 442. The summed E-state index contributed by atoms with van der Waals surface area (Å²) in [7, 11) is 3.55. The summed E-state index contributed by atoms with van der Waals surface area (Å²) in [4.78, 5) is 0.